The monoisotopic (exact) mass is 411 g/mol. The van der Waals surface area contributed by atoms with E-state index in [1.807, 2.05) is 25.1 Å². The summed E-state index contributed by atoms with van der Waals surface area (Å²) in [6.45, 7) is 3.78. The van der Waals surface area contributed by atoms with Gasteiger partial charge in [0.15, 0.2) is 0 Å². The average molecular weight is 412 g/mol. The van der Waals surface area contributed by atoms with Gasteiger partial charge in [-0.2, -0.15) is 0 Å². The first-order valence-electron chi connectivity index (χ1n) is 10.9. The molecule has 0 saturated heterocycles. The SMILES string of the molecule is CC#CC[C@H](C)[C@H](O)/C=C/[C@@H]1[C@H]2c3cccc(CCCCC(N)=O)c3O[C@H]2C[C@H]1O. The molecule has 1 saturated carbocycles. The largest absolute Gasteiger partial charge is 0.489 e. The topological polar surface area (TPSA) is 92.8 Å². The van der Waals surface area contributed by atoms with Crippen LogP contribution in [-0.2, 0) is 11.2 Å². The summed E-state index contributed by atoms with van der Waals surface area (Å²) in [7, 11) is 0. The molecule has 1 amide bonds. The molecule has 6 atom stereocenters. The first kappa shape index (κ1) is 22.4. The molecule has 1 aliphatic heterocycles. The minimum absolute atomic E-state index is 0.0437. The van der Waals surface area contributed by atoms with E-state index in [1.165, 1.54) is 0 Å². The maximum absolute atomic E-state index is 10.9. The molecule has 0 unspecified atom stereocenters. The normalized spacial score (nSPS) is 26.4. The van der Waals surface area contributed by atoms with Crippen LogP contribution < -0.4 is 10.5 Å². The van der Waals surface area contributed by atoms with E-state index in [0.29, 0.717) is 19.3 Å². The molecule has 1 fully saturated rings. The Labute approximate surface area is 179 Å². The summed E-state index contributed by atoms with van der Waals surface area (Å²) in [4.78, 5) is 10.9. The van der Waals surface area contributed by atoms with Crippen molar-refractivity contribution in [3.8, 4) is 17.6 Å². The van der Waals surface area contributed by atoms with Gasteiger partial charge in [-0.25, -0.2) is 0 Å². The minimum Gasteiger partial charge on any atom is -0.489 e. The van der Waals surface area contributed by atoms with E-state index in [9.17, 15) is 15.0 Å². The number of nitrogens with two attached hydrogens (primary N) is 1. The van der Waals surface area contributed by atoms with Gasteiger partial charge in [-0.15, -0.1) is 11.8 Å². The zero-order chi connectivity index (χ0) is 21.7. The smallest absolute Gasteiger partial charge is 0.217 e. The highest BCUT2D eigenvalue weighted by atomic mass is 16.5. The van der Waals surface area contributed by atoms with Crippen LogP contribution in [0.25, 0.3) is 0 Å². The number of primary amides is 1. The summed E-state index contributed by atoms with van der Waals surface area (Å²) in [6.07, 6.45) is 6.79. The van der Waals surface area contributed by atoms with Gasteiger partial charge < -0.3 is 20.7 Å². The van der Waals surface area contributed by atoms with Crippen LogP contribution in [0.4, 0.5) is 0 Å². The Morgan fingerprint density at radius 1 is 1.40 bits per heavy atom. The quantitative estimate of drug-likeness (QED) is 0.331. The van der Waals surface area contributed by atoms with Gasteiger partial charge in [0, 0.05) is 36.7 Å². The molecular weight excluding hydrogens is 378 g/mol. The number of ether oxygens (including phenoxy) is 1. The Balaban J connectivity index is 1.71. The second kappa shape index (κ2) is 10.1. The predicted molar refractivity (Wildman–Crippen MR) is 117 cm³/mol. The molecule has 1 aliphatic carbocycles. The Bertz CT molecular complexity index is 837. The van der Waals surface area contributed by atoms with Gasteiger partial charge in [-0.05, 0) is 37.7 Å². The van der Waals surface area contributed by atoms with E-state index >= 15 is 0 Å². The standard InChI is InChI=1S/C25H33NO4/c1-3-4-8-16(2)20(27)14-13-18-21(28)15-22-24(18)19-11-7-10-17(25(19)30-22)9-5-6-12-23(26)29/h7,10-11,13-14,16,18,20-22,24,27-28H,5-6,8-9,12,15H2,1-2H3,(H2,26,29)/b14-13+/t16-,18-,20+,21+,22-,24-/m0/s1. The summed E-state index contributed by atoms with van der Waals surface area (Å²) >= 11 is 0. The van der Waals surface area contributed by atoms with Crippen molar-refractivity contribution < 1.29 is 19.7 Å². The maximum atomic E-state index is 10.9. The zero-order valence-corrected chi connectivity index (χ0v) is 17.9. The zero-order valence-electron chi connectivity index (χ0n) is 17.9. The highest BCUT2D eigenvalue weighted by molar-refractivity contribution is 5.73. The number of hydrogen-bond donors (Lipinski definition) is 3. The summed E-state index contributed by atoms with van der Waals surface area (Å²) in [5, 5.41) is 21.1. The highest BCUT2D eigenvalue weighted by Crippen LogP contribution is 2.52. The summed E-state index contributed by atoms with van der Waals surface area (Å²) in [5.41, 5.74) is 7.51. The first-order valence-corrected chi connectivity index (χ1v) is 10.9. The number of amides is 1. The van der Waals surface area contributed by atoms with Crippen LogP contribution in [0.15, 0.2) is 30.4 Å². The Morgan fingerprint density at radius 3 is 2.93 bits per heavy atom. The van der Waals surface area contributed by atoms with E-state index in [1.54, 1.807) is 6.92 Å². The van der Waals surface area contributed by atoms with Gasteiger partial charge >= 0.3 is 0 Å². The van der Waals surface area contributed by atoms with E-state index in [2.05, 4.69) is 24.0 Å². The maximum Gasteiger partial charge on any atom is 0.217 e. The number of aliphatic hydroxyl groups is 2. The number of unbranched alkanes of at least 4 members (excludes halogenated alkanes) is 1. The van der Waals surface area contributed by atoms with Gasteiger partial charge in [0.05, 0.1) is 12.2 Å². The van der Waals surface area contributed by atoms with Crippen molar-refractivity contribution in [2.75, 3.05) is 0 Å². The fourth-order valence-corrected chi connectivity index (χ4v) is 4.60. The number of benzene rings is 1. The van der Waals surface area contributed by atoms with E-state index in [0.717, 1.165) is 36.1 Å². The highest BCUT2D eigenvalue weighted by Gasteiger charge is 2.48. The Morgan fingerprint density at radius 2 is 2.20 bits per heavy atom. The molecule has 3 rings (SSSR count). The van der Waals surface area contributed by atoms with Gasteiger partial charge in [0.2, 0.25) is 5.91 Å². The molecule has 0 bridgehead atoms. The van der Waals surface area contributed by atoms with Crippen molar-refractivity contribution in [1.29, 1.82) is 0 Å². The third kappa shape index (κ3) is 5.06. The molecule has 4 N–H and O–H groups in total. The van der Waals surface area contributed by atoms with Crippen molar-refractivity contribution >= 4 is 5.91 Å². The lowest BCUT2D eigenvalue weighted by molar-refractivity contribution is -0.118. The van der Waals surface area contributed by atoms with Crippen molar-refractivity contribution in [2.24, 2.45) is 17.6 Å². The predicted octanol–water partition coefficient (Wildman–Crippen LogP) is 3.08. The molecule has 0 spiro atoms. The van der Waals surface area contributed by atoms with Crippen LogP contribution in [0.2, 0.25) is 0 Å². The lowest BCUT2D eigenvalue weighted by Gasteiger charge is -2.19. The van der Waals surface area contributed by atoms with Crippen LogP contribution in [0.3, 0.4) is 0 Å². The molecule has 0 aromatic heterocycles. The first-order chi connectivity index (χ1) is 14.4. The van der Waals surface area contributed by atoms with Gasteiger partial charge in [-0.1, -0.05) is 37.3 Å². The molecule has 0 radical (unpaired) electrons. The van der Waals surface area contributed by atoms with E-state index in [4.69, 9.17) is 10.5 Å². The Hall–Kier alpha value is -2.29. The number of aryl methyl sites for hydroxylation is 1. The molecule has 1 heterocycles. The summed E-state index contributed by atoms with van der Waals surface area (Å²) in [6, 6.07) is 6.20. The van der Waals surface area contributed by atoms with Crippen molar-refractivity contribution in [1.82, 2.24) is 0 Å². The molecule has 2 aliphatic rings. The van der Waals surface area contributed by atoms with Gasteiger partial charge in [-0.3, -0.25) is 4.79 Å². The number of rotatable bonds is 9. The third-order valence-electron chi connectivity index (χ3n) is 6.32. The molecule has 162 valence electrons. The van der Waals surface area contributed by atoms with Crippen molar-refractivity contribution in [3.05, 3.63) is 41.5 Å². The van der Waals surface area contributed by atoms with E-state index in [-0.39, 0.29) is 29.8 Å². The number of carbonyl (C=O) groups is 1. The lowest BCUT2D eigenvalue weighted by Crippen LogP contribution is -2.19. The number of hydrogen-bond acceptors (Lipinski definition) is 4. The van der Waals surface area contributed by atoms with Crippen LogP contribution >= 0.6 is 0 Å². The van der Waals surface area contributed by atoms with Crippen LogP contribution in [0.1, 0.15) is 63.0 Å². The molecule has 1 aromatic carbocycles. The molecule has 1 aromatic rings. The average Bonchev–Trinajstić information content (AvgIpc) is 3.22. The number of carbonyl (C=O) groups excluding carboxylic acids is 1. The number of aliphatic hydroxyl groups excluding tert-OH is 2. The van der Waals surface area contributed by atoms with Crippen molar-refractivity contribution in [3.63, 3.8) is 0 Å². The molecular formula is C25H33NO4. The minimum atomic E-state index is -0.588. The fourth-order valence-electron chi connectivity index (χ4n) is 4.60. The van der Waals surface area contributed by atoms with Crippen LogP contribution in [0, 0.1) is 23.7 Å². The van der Waals surface area contributed by atoms with E-state index < -0.39 is 12.2 Å². The third-order valence-corrected chi connectivity index (χ3v) is 6.32. The molecule has 5 nitrogen and oxygen atoms in total. The fraction of sp³-hybridized carbons (Fsp3) is 0.560. The second-order valence-electron chi connectivity index (χ2n) is 8.56. The van der Waals surface area contributed by atoms with Gasteiger partial charge in [0.1, 0.15) is 11.9 Å². The van der Waals surface area contributed by atoms with Gasteiger partial charge in [0.25, 0.3) is 0 Å². The summed E-state index contributed by atoms with van der Waals surface area (Å²) < 4.78 is 6.28. The second-order valence-corrected chi connectivity index (χ2v) is 8.56. The molecule has 30 heavy (non-hydrogen) atoms. The van der Waals surface area contributed by atoms with Crippen molar-refractivity contribution in [2.45, 2.75) is 76.6 Å². The van der Waals surface area contributed by atoms with Crippen LogP contribution in [-0.4, -0.2) is 34.4 Å². The van der Waals surface area contributed by atoms with Crippen LogP contribution in [0.5, 0.6) is 5.75 Å². The number of para-hydroxylation sites is 1. The summed E-state index contributed by atoms with van der Waals surface area (Å²) in [5.74, 6) is 6.60. The Kier molecular flexibility index (Phi) is 7.58. The number of fused-ring (bicyclic) bond motifs is 3. The molecule has 5 heteroatoms. The lowest BCUT2D eigenvalue weighted by atomic mass is 9.86.